The fourth-order valence-corrected chi connectivity index (χ4v) is 5.76. The highest BCUT2D eigenvalue weighted by Gasteiger charge is 2.25. The molecule has 0 aliphatic carbocycles. The normalized spacial score (nSPS) is 12.1. The molecule has 8 nitrogen and oxygen atoms in total. The van der Waals surface area contributed by atoms with Crippen molar-refractivity contribution >= 4 is 36.6 Å². The van der Waals surface area contributed by atoms with Gasteiger partial charge in [0.2, 0.25) is 0 Å². The third kappa shape index (κ3) is 5.35. The Kier molecular flexibility index (Phi) is 6.82. The Balaban J connectivity index is 1.90. The number of rotatable bonds is 8. The number of halogens is 2. The standard InChI is InChI=1S/C25H23F2N3O5S2/c1-15-3-6-17(7-4-15)37(33,34)30-11-9-18-19(10-12-36(2,31)32)24(22(27)14-23(18)30)35-16-5-8-21(26)20(13-16)25(28)29/h3-9,11,13-14H,10,12H2,1-2H3,(H3,28,29). The molecular weight excluding hydrogens is 524 g/mol. The molecule has 0 saturated heterocycles. The summed E-state index contributed by atoms with van der Waals surface area (Å²) in [5.41, 5.74) is 6.11. The molecule has 37 heavy (non-hydrogen) atoms. The lowest BCUT2D eigenvalue weighted by atomic mass is 10.1. The molecule has 0 saturated carbocycles. The maximum Gasteiger partial charge on any atom is 0.268 e. The number of hydrogen-bond donors (Lipinski definition) is 2. The van der Waals surface area contributed by atoms with Crippen LogP contribution in [0.25, 0.3) is 10.9 Å². The van der Waals surface area contributed by atoms with E-state index >= 15 is 4.39 Å². The zero-order valence-corrected chi connectivity index (χ0v) is 21.5. The largest absolute Gasteiger partial charge is 0.454 e. The van der Waals surface area contributed by atoms with Gasteiger partial charge in [0.15, 0.2) is 11.6 Å². The SMILES string of the molecule is Cc1ccc(S(=O)(=O)n2ccc3c(CCS(C)(=O)=O)c(Oc4ccc(F)c(C(=N)N)c4)c(F)cc32)cc1. The van der Waals surface area contributed by atoms with Gasteiger partial charge >= 0.3 is 0 Å². The van der Waals surface area contributed by atoms with E-state index in [0.717, 1.165) is 34.0 Å². The lowest BCUT2D eigenvalue weighted by Gasteiger charge is -2.15. The molecule has 4 rings (SSSR count). The maximum absolute atomic E-state index is 15.5. The summed E-state index contributed by atoms with van der Waals surface area (Å²) in [7, 11) is -7.58. The smallest absolute Gasteiger partial charge is 0.268 e. The van der Waals surface area contributed by atoms with Gasteiger partial charge in [-0.3, -0.25) is 5.41 Å². The molecule has 0 amide bonds. The van der Waals surface area contributed by atoms with Gasteiger partial charge in [0, 0.05) is 29.5 Å². The van der Waals surface area contributed by atoms with Crippen LogP contribution in [0.1, 0.15) is 16.7 Å². The highest BCUT2D eigenvalue weighted by molar-refractivity contribution is 7.90. The van der Waals surface area contributed by atoms with Crippen LogP contribution in [0.2, 0.25) is 0 Å². The van der Waals surface area contributed by atoms with E-state index in [1.807, 2.05) is 6.92 Å². The van der Waals surface area contributed by atoms with Gasteiger partial charge in [0.05, 0.1) is 21.7 Å². The highest BCUT2D eigenvalue weighted by Crippen LogP contribution is 2.37. The topological polar surface area (TPSA) is 132 Å². The Morgan fingerprint density at radius 1 is 1.00 bits per heavy atom. The second-order valence-corrected chi connectivity index (χ2v) is 12.6. The number of sulfone groups is 1. The molecule has 12 heteroatoms. The lowest BCUT2D eigenvalue weighted by molar-refractivity contribution is 0.437. The number of nitrogens with zero attached hydrogens (tertiary/aromatic N) is 1. The van der Waals surface area contributed by atoms with Crippen LogP contribution in [-0.2, 0) is 26.3 Å². The Morgan fingerprint density at radius 2 is 1.68 bits per heavy atom. The first kappa shape index (κ1) is 26.3. The zero-order chi connectivity index (χ0) is 27.1. The van der Waals surface area contributed by atoms with E-state index in [-0.39, 0.29) is 50.6 Å². The highest BCUT2D eigenvalue weighted by atomic mass is 32.2. The zero-order valence-electron chi connectivity index (χ0n) is 19.8. The van der Waals surface area contributed by atoms with E-state index in [9.17, 15) is 21.2 Å². The molecule has 0 atom stereocenters. The van der Waals surface area contributed by atoms with Gasteiger partial charge in [-0.05, 0) is 49.7 Å². The van der Waals surface area contributed by atoms with E-state index in [1.165, 1.54) is 30.5 Å². The number of hydrogen-bond acceptors (Lipinski definition) is 6. The Labute approximate surface area is 212 Å². The average molecular weight is 548 g/mol. The molecule has 0 radical (unpaired) electrons. The Bertz CT molecular complexity index is 1750. The van der Waals surface area contributed by atoms with Gasteiger partial charge in [0.1, 0.15) is 27.2 Å². The molecule has 1 heterocycles. The predicted molar refractivity (Wildman–Crippen MR) is 137 cm³/mol. The maximum atomic E-state index is 15.5. The molecule has 0 unspecified atom stereocenters. The van der Waals surface area contributed by atoms with Gasteiger partial charge in [-0.25, -0.2) is 29.6 Å². The minimum absolute atomic E-state index is 0.00235. The van der Waals surface area contributed by atoms with Crippen molar-refractivity contribution in [2.24, 2.45) is 5.73 Å². The molecule has 3 N–H and O–H groups in total. The fraction of sp³-hybridized carbons (Fsp3) is 0.160. The van der Waals surface area contributed by atoms with Gasteiger partial charge in [-0.15, -0.1) is 0 Å². The van der Waals surface area contributed by atoms with Crippen molar-refractivity contribution < 1.29 is 30.4 Å². The van der Waals surface area contributed by atoms with E-state index < -0.39 is 37.3 Å². The van der Waals surface area contributed by atoms with Gasteiger partial charge in [-0.2, -0.15) is 0 Å². The monoisotopic (exact) mass is 547 g/mol. The van der Waals surface area contributed by atoms with Crippen molar-refractivity contribution in [2.45, 2.75) is 18.2 Å². The van der Waals surface area contributed by atoms with Crippen molar-refractivity contribution in [1.82, 2.24) is 3.97 Å². The van der Waals surface area contributed by atoms with Crippen LogP contribution in [0.15, 0.2) is 65.7 Å². The van der Waals surface area contributed by atoms with Gasteiger partial charge in [-0.1, -0.05) is 17.7 Å². The first-order valence-electron chi connectivity index (χ1n) is 10.9. The fourth-order valence-electron chi connectivity index (χ4n) is 3.85. The van der Waals surface area contributed by atoms with Crippen molar-refractivity contribution in [3.63, 3.8) is 0 Å². The summed E-state index contributed by atoms with van der Waals surface area (Å²) in [4.78, 5) is -0.00269. The summed E-state index contributed by atoms with van der Waals surface area (Å²) in [6.45, 7) is 1.81. The van der Waals surface area contributed by atoms with Gasteiger partial charge < -0.3 is 10.5 Å². The summed E-state index contributed by atoms with van der Waals surface area (Å²) >= 11 is 0. The van der Waals surface area contributed by atoms with E-state index in [0.29, 0.717) is 0 Å². The molecule has 0 aliphatic rings. The second-order valence-electron chi connectivity index (χ2n) is 8.57. The van der Waals surface area contributed by atoms with Crippen LogP contribution in [0, 0.1) is 24.0 Å². The van der Waals surface area contributed by atoms with E-state index in [4.69, 9.17) is 15.9 Å². The summed E-state index contributed by atoms with van der Waals surface area (Å²) in [5.74, 6) is -3.04. The molecular formula is C25H23F2N3O5S2. The quantitative estimate of drug-likeness (QED) is 0.252. The lowest BCUT2D eigenvalue weighted by Crippen LogP contribution is -2.13. The third-order valence-corrected chi connectivity index (χ3v) is 8.37. The van der Waals surface area contributed by atoms with Crippen molar-refractivity contribution in [3.05, 3.63) is 89.1 Å². The summed E-state index contributed by atoms with van der Waals surface area (Å²) in [6.07, 6.45) is 2.10. The van der Waals surface area contributed by atoms with Crippen LogP contribution in [-0.4, -0.2) is 38.7 Å². The number of aromatic nitrogens is 1. The molecule has 194 valence electrons. The molecule has 0 fully saturated rings. The molecule has 1 aromatic heterocycles. The van der Waals surface area contributed by atoms with Crippen LogP contribution < -0.4 is 10.5 Å². The number of amidine groups is 1. The number of aryl methyl sites for hydroxylation is 2. The third-order valence-electron chi connectivity index (χ3n) is 5.72. The number of nitrogen functional groups attached to an aromatic ring is 1. The van der Waals surface area contributed by atoms with Crippen LogP contribution in [0.5, 0.6) is 11.5 Å². The number of ether oxygens (including phenoxy) is 1. The van der Waals surface area contributed by atoms with Crippen LogP contribution in [0.3, 0.4) is 0 Å². The van der Waals surface area contributed by atoms with E-state index in [1.54, 1.807) is 12.1 Å². The molecule has 0 bridgehead atoms. The molecule has 0 aliphatic heterocycles. The molecule has 4 aromatic rings. The van der Waals surface area contributed by atoms with Crippen LogP contribution in [0.4, 0.5) is 8.78 Å². The van der Waals surface area contributed by atoms with Crippen molar-refractivity contribution in [2.75, 3.05) is 12.0 Å². The first-order chi connectivity index (χ1) is 17.3. The van der Waals surface area contributed by atoms with Crippen molar-refractivity contribution in [1.29, 1.82) is 5.41 Å². The number of benzene rings is 3. The number of nitrogens with one attached hydrogen (secondary N) is 1. The Hall–Kier alpha value is -3.77. The number of fused-ring (bicyclic) bond motifs is 1. The number of nitrogens with two attached hydrogens (primary N) is 1. The van der Waals surface area contributed by atoms with Crippen LogP contribution >= 0.6 is 0 Å². The molecule has 0 spiro atoms. The average Bonchev–Trinajstić information content (AvgIpc) is 3.23. The minimum atomic E-state index is -4.10. The predicted octanol–water partition coefficient (Wildman–Crippen LogP) is 4.13. The van der Waals surface area contributed by atoms with E-state index in [2.05, 4.69) is 0 Å². The second kappa shape index (κ2) is 9.60. The minimum Gasteiger partial charge on any atom is -0.454 e. The summed E-state index contributed by atoms with van der Waals surface area (Å²) < 4.78 is 86.6. The van der Waals surface area contributed by atoms with Crippen molar-refractivity contribution in [3.8, 4) is 11.5 Å². The molecule has 3 aromatic carbocycles. The van der Waals surface area contributed by atoms with Gasteiger partial charge in [0.25, 0.3) is 10.0 Å². The summed E-state index contributed by atoms with van der Waals surface area (Å²) in [5, 5.41) is 7.77. The Morgan fingerprint density at radius 3 is 2.30 bits per heavy atom. The first-order valence-corrected chi connectivity index (χ1v) is 14.4. The summed E-state index contributed by atoms with van der Waals surface area (Å²) in [6, 6.07) is 11.9.